The zero-order valence-corrected chi connectivity index (χ0v) is 8.46. The fraction of sp³-hybridized carbons (Fsp3) is 0.300. The molecule has 0 aliphatic rings. The first-order valence-corrected chi connectivity index (χ1v) is 4.73. The van der Waals surface area contributed by atoms with Crippen LogP contribution in [0, 0.1) is 0 Å². The van der Waals surface area contributed by atoms with E-state index >= 15 is 0 Å². The number of carbonyl (C=O) groups excluding carboxylic acids is 1. The SMILES string of the molecule is NC(=O)CCCOc1ccc(Cl)cc1. The lowest BCUT2D eigenvalue weighted by Gasteiger charge is -2.04. The lowest BCUT2D eigenvalue weighted by molar-refractivity contribution is -0.118. The van der Waals surface area contributed by atoms with Gasteiger partial charge in [0.25, 0.3) is 0 Å². The van der Waals surface area contributed by atoms with E-state index < -0.39 is 0 Å². The molecule has 0 spiro atoms. The Labute approximate surface area is 87.8 Å². The van der Waals surface area contributed by atoms with Crippen molar-refractivity contribution in [1.82, 2.24) is 0 Å². The van der Waals surface area contributed by atoms with Gasteiger partial charge in [-0.1, -0.05) is 11.6 Å². The number of benzene rings is 1. The van der Waals surface area contributed by atoms with E-state index in [-0.39, 0.29) is 5.91 Å². The second-order valence-corrected chi connectivity index (χ2v) is 3.31. The van der Waals surface area contributed by atoms with Gasteiger partial charge in [-0.05, 0) is 30.7 Å². The molecule has 0 bridgehead atoms. The average molecular weight is 214 g/mol. The highest BCUT2D eigenvalue weighted by molar-refractivity contribution is 6.30. The van der Waals surface area contributed by atoms with Gasteiger partial charge >= 0.3 is 0 Å². The smallest absolute Gasteiger partial charge is 0.217 e. The maximum atomic E-state index is 10.4. The number of rotatable bonds is 5. The molecule has 0 unspecified atom stereocenters. The minimum absolute atomic E-state index is 0.301. The van der Waals surface area contributed by atoms with E-state index in [4.69, 9.17) is 22.1 Å². The van der Waals surface area contributed by atoms with Crippen LogP contribution in [0.1, 0.15) is 12.8 Å². The van der Waals surface area contributed by atoms with Gasteiger partial charge in [0.2, 0.25) is 5.91 Å². The van der Waals surface area contributed by atoms with Crippen LogP contribution in [0.2, 0.25) is 5.02 Å². The summed E-state index contributed by atoms with van der Waals surface area (Å²) in [5, 5.41) is 0.675. The van der Waals surface area contributed by atoms with Gasteiger partial charge in [0.15, 0.2) is 0 Å². The molecule has 2 N–H and O–H groups in total. The van der Waals surface area contributed by atoms with E-state index in [1.807, 2.05) is 0 Å². The van der Waals surface area contributed by atoms with E-state index in [1.165, 1.54) is 0 Å². The highest BCUT2D eigenvalue weighted by Crippen LogP contribution is 2.15. The second-order valence-electron chi connectivity index (χ2n) is 2.87. The Hall–Kier alpha value is -1.22. The average Bonchev–Trinajstić information content (AvgIpc) is 2.15. The summed E-state index contributed by atoms with van der Waals surface area (Å²) in [5.74, 6) is 0.448. The van der Waals surface area contributed by atoms with Gasteiger partial charge in [0.1, 0.15) is 5.75 Å². The lowest BCUT2D eigenvalue weighted by Crippen LogP contribution is -2.11. The first kappa shape index (κ1) is 10.9. The predicted octanol–water partition coefficient (Wildman–Crippen LogP) is 1.98. The standard InChI is InChI=1S/C10H12ClNO2/c11-8-3-5-9(6-4-8)14-7-1-2-10(12)13/h3-6H,1-2,7H2,(H2,12,13). The Morgan fingerprint density at radius 1 is 1.36 bits per heavy atom. The first-order valence-electron chi connectivity index (χ1n) is 4.35. The van der Waals surface area contributed by atoms with Crippen molar-refractivity contribution in [2.75, 3.05) is 6.61 Å². The number of nitrogens with two attached hydrogens (primary N) is 1. The van der Waals surface area contributed by atoms with E-state index in [0.717, 1.165) is 5.75 Å². The van der Waals surface area contributed by atoms with E-state index in [9.17, 15) is 4.79 Å². The Morgan fingerprint density at radius 2 is 2.00 bits per heavy atom. The van der Waals surface area contributed by atoms with Gasteiger partial charge < -0.3 is 10.5 Å². The zero-order chi connectivity index (χ0) is 10.4. The Bertz CT molecular complexity index is 297. The van der Waals surface area contributed by atoms with Crippen LogP contribution in [-0.2, 0) is 4.79 Å². The van der Waals surface area contributed by atoms with Crippen molar-refractivity contribution in [3.63, 3.8) is 0 Å². The molecule has 0 aliphatic heterocycles. The van der Waals surface area contributed by atoms with Crippen molar-refractivity contribution >= 4 is 17.5 Å². The van der Waals surface area contributed by atoms with E-state index in [1.54, 1.807) is 24.3 Å². The molecule has 0 aliphatic carbocycles. The second kappa shape index (κ2) is 5.50. The summed E-state index contributed by atoms with van der Waals surface area (Å²) in [7, 11) is 0. The Balaban J connectivity index is 2.25. The summed E-state index contributed by atoms with van der Waals surface area (Å²) in [4.78, 5) is 10.4. The van der Waals surface area contributed by atoms with Gasteiger partial charge in [-0.2, -0.15) is 0 Å². The molecule has 1 aromatic carbocycles. The molecule has 0 heterocycles. The third kappa shape index (κ3) is 4.14. The van der Waals surface area contributed by atoms with Crippen molar-refractivity contribution in [3.05, 3.63) is 29.3 Å². The quantitative estimate of drug-likeness (QED) is 0.761. The topological polar surface area (TPSA) is 52.3 Å². The highest BCUT2D eigenvalue weighted by Gasteiger charge is 1.96. The Kier molecular flexibility index (Phi) is 4.26. The molecular weight excluding hydrogens is 202 g/mol. The third-order valence-corrected chi connectivity index (χ3v) is 1.90. The van der Waals surface area contributed by atoms with Gasteiger partial charge in [-0.3, -0.25) is 4.79 Å². The van der Waals surface area contributed by atoms with Crippen molar-refractivity contribution in [2.24, 2.45) is 5.73 Å². The minimum atomic E-state index is -0.301. The fourth-order valence-electron chi connectivity index (χ4n) is 0.967. The molecule has 0 aromatic heterocycles. The lowest BCUT2D eigenvalue weighted by atomic mass is 10.3. The zero-order valence-electron chi connectivity index (χ0n) is 7.70. The monoisotopic (exact) mass is 213 g/mol. The van der Waals surface area contributed by atoms with Crippen molar-refractivity contribution in [3.8, 4) is 5.75 Å². The number of halogens is 1. The molecule has 1 aromatic rings. The summed E-state index contributed by atoms with van der Waals surface area (Å²) < 4.78 is 5.34. The van der Waals surface area contributed by atoms with Crippen LogP contribution < -0.4 is 10.5 Å². The number of carbonyl (C=O) groups is 1. The maximum absolute atomic E-state index is 10.4. The highest BCUT2D eigenvalue weighted by atomic mass is 35.5. The number of primary amides is 1. The van der Waals surface area contributed by atoms with Crippen molar-refractivity contribution in [1.29, 1.82) is 0 Å². The summed E-state index contributed by atoms with van der Waals surface area (Å²) in [6, 6.07) is 7.08. The van der Waals surface area contributed by atoms with Crippen LogP contribution in [0.3, 0.4) is 0 Å². The van der Waals surface area contributed by atoms with Crippen LogP contribution in [0.5, 0.6) is 5.75 Å². The molecule has 0 saturated carbocycles. The molecule has 1 rings (SSSR count). The summed E-state index contributed by atoms with van der Waals surface area (Å²) in [6.07, 6.45) is 0.992. The minimum Gasteiger partial charge on any atom is -0.494 e. The number of hydrogen-bond donors (Lipinski definition) is 1. The summed E-state index contributed by atoms with van der Waals surface area (Å²) in [5.41, 5.74) is 4.98. The molecule has 76 valence electrons. The number of hydrogen-bond acceptors (Lipinski definition) is 2. The Morgan fingerprint density at radius 3 is 2.57 bits per heavy atom. The van der Waals surface area contributed by atoms with Gasteiger partial charge in [-0.25, -0.2) is 0 Å². The molecule has 0 saturated heterocycles. The molecule has 0 fully saturated rings. The molecule has 0 radical (unpaired) electrons. The molecule has 1 amide bonds. The van der Waals surface area contributed by atoms with Crippen molar-refractivity contribution < 1.29 is 9.53 Å². The predicted molar refractivity (Wildman–Crippen MR) is 55.4 cm³/mol. The molecule has 4 heteroatoms. The molecule has 3 nitrogen and oxygen atoms in total. The van der Waals surface area contributed by atoms with Crippen LogP contribution >= 0.6 is 11.6 Å². The van der Waals surface area contributed by atoms with Crippen LogP contribution in [0.4, 0.5) is 0 Å². The molecule has 0 atom stereocenters. The van der Waals surface area contributed by atoms with Crippen LogP contribution in [0.25, 0.3) is 0 Å². The summed E-state index contributed by atoms with van der Waals surface area (Å²) >= 11 is 5.70. The number of ether oxygens (including phenoxy) is 1. The fourth-order valence-corrected chi connectivity index (χ4v) is 1.09. The van der Waals surface area contributed by atoms with Gasteiger partial charge in [0.05, 0.1) is 6.61 Å². The normalized spacial score (nSPS) is 9.79. The van der Waals surface area contributed by atoms with Crippen LogP contribution in [0.15, 0.2) is 24.3 Å². The van der Waals surface area contributed by atoms with E-state index in [2.05, 4.69) is 0 Å². The van der Waals surface area contributed by atoms with Gasteiger partial charge in [0, 0.05) is 11.4 Å². The first-order chi connectivity index (χ1) is 6.68. The number of amides is 1. The van der Waals surface area contributed by atoms with Crippen LogP contribution in [-0.4, -0.2) is 12.5 Å². The maximum Gasteiger partial charge on any atom is 0.217 e. The van der Waals surface area contributed by atoms with Gasteiger partial charge in [-0.15, -0.1) is 0 Å². The molecular formula is C10H12ClNO2. The van der Waals surface area contributed by atoms with E-state index in [0.29, 0.717) is 24.5 Å². The summed E-state index contributed by atoms with van der Waals surface area (Å²) in [6.45, 7) is 0.491. The third-order valence-electron chi connectivity index (χ3n) is 1.65. The van der Waals surface area contributed by atoms with Crippen molar-refractivity contribution in [2.45, 2.75) is 12.8 Å². The largest absolute Gasteiger partial charge is 0.494 e. The molecule has 14 heavy (non-hydrogen) atoms.